The van der Waals surface area contributed by atoms with Crippen molar-refractivity contribution >= 4 is 17.7 Å². The summed E-state index contributed by atoms with van der Waals surface area (Å²) in [6.07, 6.45) is 2.25. The summed E-state index contributed by atoms with van der Waals surface area (Å²) >= 11 is 1.49. The quantitative estimate of drug-likeness (QED) is 0.870. The van der Waals surface area contributed by atoms with Crippen LogP contribution in [0.1, 0.15) is 30.4 Å². The van der Waals surface area contributed by atoms with Gasteiger partial charge >= 0.3 is 0 Å². The van der Waals surface area contributed by atoms with Crippen molar-refractivity contribution in [2.45, 2.75) is 29.4 Å². The van der Waals surface area contributed by atoms with Crippen LogP contribution in [-0.4, -0.2) is 15.0 Å². The van der Waals surface area contributed by atoms with E-state index in [-0.39, 0.29) is 11.8 Å². The van der Waals surface area contributed by atoms with E-state index >= 15 is 0 Å². The molecule has 0 saturated heterocycles. The first-order valence-electron chi connectivity index (χ1n) is 6.09. The molecule has 0 aliphatic heterocycles. The van der Waals surface area contributed by atoms with Crippen LogP contribution in [0.15, 0.2) is 29.2 Å². The van der Waals surface area contributed by atoms with Crippen molar-refractivity contribution in [3.63, 3.8) is 0 Å². The lowest BCUT2D eigenvalue weighted by Crippen LogP contribution is -2.05. The second-order valence-corrected chi connectivity index (χ2v) is 5.54. The minimum Gasteiger partial charge on any atom is -0.368 e. The monoisotopic (exact) mass is 276 g/mol. The van der Waals surface area contributed by atoms with Gasteiger partial charge in [0.2, 0.25) is 5.95 Å². The topological polar surface area (TPSA) is 64.7 Å². The lowest BCUT2D eigenvalue weighted by Gasteiger charge is -2.04. The minimum atomic E-state index is -0.237. The van der Waals surface area contributed by atoms with Crippen LogP contribution in [0.2, 0.25) is 0 Å². The Labute approximate surface area is 114 Å². The van der Waals surface area contributed by atoms with Crippen molar-refractivity contribution < 1.29 is 4.39 Å². The van der Waals surface area contributed by atoms with E-state index in [2.05, 4.69) is 15.0 Å². The van der Waals surface area contributed by atoms with Gasteiger partial charge in [0, 0.05) is 10.8 Å². The maximum atomic E-state index is 13.1. The van der Waals surface area contributed by atoms with Gasteiger partial charge in [0.25, 0.3) is 0 Å². The molecule has 0 atom stereocenters. The maximum Gasteiger partial charge on any atom is 0.223 e. The lowest BCUT2D eigenvalue weighted by atomic mass is 10.4. The first-order valence-corrected chi connectivity index (χ1v) is 7.08. The number of nitrogens with two attached hydrogens (primary N) is 1. The summed E-state index contributed by atoms with van der Waals surface area (Å²) < 4.78 is 13.1. The average Bonchev–Trinajstić information content (AvgIpc) is 3.20. The summed E-state index contributed by atoms with van der Waals surface area (Å²) in [6.45, 7) is 0. The Morgan fingerprint density at radius 1 is 1.26 bits per heavy atom. The van der Waals surface area contributed by atoms with E-state index in [9.17, 15) is 4.39 Å². The number of anilines is 1. The number of aromatic nitrogens is 3. The lowest BCUT2D eigenvalue weighted by molar-refractivity contribution is 0.624. The van der Waals surface area contributed by atoms with Crippen LogP contribution in [0.5, 0.6) is 0 Å². The molecule has 0 unspecified atom stereocenters. The molecule has 0 bridgehead atoms. The van der Waals surface area contributed by atoms with E-state index in [4.69, 9.17) is 5.73 Å². The van der Waals surface area contributed by atoms with E-state index in [1.165, 1.54) is 23.9 Å². The Morgan fingerprint density at radius 2 is 2.11 bits per heavy atom. The largest absolute Gasteiger partial charge is 0.368 e. The molecule has 1 aliphatic carbocycles. The van der Waals surface area contributed by atoms with Gasteiger partial charge in [-0.05, 0) is 31.0 Å². The summed E-state index contributed by atoms with van der Waals surface area (Å²) in [5, 5.41) is 0. The van der Waals surface area contributed by atoms with E-state index in [1.54, 1.807) is 6.07 Å². The SMILES string of the molecule is Nc1nc(CSc2cccc(F)c2)nc(C2CC2)n1. The third-order valence-electron chi connectivity index (χ3n) is 2.82. The molecule has 0 spiro atoms. The number of nitrogen functional groups attached to an aromatic ring is 1. The molecule has 1 aliphatic rings. The molecule has 0 amide bonds. The van der Waals surface area contributed by atoms with E-state index in [0.29, 0.717) is 17.5 Å². The first kappa shape index (κ1) is 12.3. The highest BCUT2D eigenvalue weighted by molar-refractivity contribution is 7.98. The zero-order chi connectivity index (χ0) is 13.2. The van der Waals surface area contributed by atoms with Crippen LogP contribution in [0.3, 0.4) is 0 Å². The minimum absolute atomic E-state index is 0.237. The Balaban J connectivity index is 1.72. The molecule has 3 rings (SSSR count). The van der Waals surface area contributed by atoms with Crippen LogP contribution >= 0.6 is 11.8 Å². The predicted molar refractivity (Wildman–Crippen MR) is 72.2 cm³/mol. The highest BCUT2D eigenvalue weighted by Crippen LogP contribution is 2.38. The third-order valence-corrected chi connectivity index (χ3v) is 3.81. The maximum absolute atomic E-state index is 13.1. The molecule has 1 heterocycles. The van der Waals surface area contributed by atoms with Gasteiger partial charge in [-0.3, -0.25) is 0 Å². The van der Waals surface area contributed by atoms with Gasteiger partial charge in [-0.2, -0.15) is 9.97 Å². The second-order valence-electron chi connectivity index (χ2n) is 4.49. The molecule has 6 heteroatoms. The molecule has 1 fully saturated rings. The average molecular weight is 276 g/mol. The third kappa shape index (κ3) is 3.20. The summed E-state index contributed by atoms with van der Waals surface area (Å²) in [7, 11) is 0. The van der Waals surface area contributed by atoms with Crippen LogP contribution in [0, 0.1) is 5.82 Å². The number of hydrogen-bond acceptors (Lipinski definition) is 5. The first-order chi connectivity index (χ1) is 9.20. The smallest absolute Gasteiger partial charge is 0.223 e. The van der Waals surface area contributed by atoms with Crippen molar-refractivity contribution in [3.05, 3.63) is 41.7 Å². The van der Waals surface area contributed by atoms with Crippen LogP contribution in [0.4, 0.5) is 10.3 Å². The standard InChI is InChI=1S/C13H13FN4S/c14-9-2-1-3-10(6-9)19-7-11-16-12(8-4-5-8)18-13(15)17-11/h1-3,6,8H,4-5,7H2,(H2,15,16,17,18). The molecule has 0 radical (unpaired) electrons. The fourth-order valence-electron chi connectivity index (χ4n) is 1.75. The molecular formula is C13H13FN4S. The van der Waals surface area contributed by atoms with Crippen molar-refractivity contribution in [3.8, 4) is 0 Å². The molecule has 2 aromatic rings. The molecule has 2 N–H and O–H groups in total. The van der Waals surface area contributed by atoms with Crippen molar-refractivity contribution in [1.82, 2.24) is 15.0 Å². The van der Waals surface area contributed by atoms with Crippen molar-refractivity contribution in [1.29, 1.82) is 0 Å². The predicted octanol–water partition coefficient (Wildman–Crippen LogP) is 2.76. The van der Waals surface area contributed by atoms with Crippen molar-refractivity contribution in [2.75, 3.05) is 5.73 Å². The summed E-state index contributed by atoms with van der Waals surface area (Å²) in [5.41, 5.74) is 5.69. The number of hydrogen-bond donors (Lipinski definition) is 1. The van der Waals surface area contributed by atoms with Crippen LogP contribution < -0.4 is 5.73 Å². The fraction of sp³-hybridized carbons (Fsp3) is 0.308. The number of nitrogens with zero attached hydrogens (tertiary/aromatic N) is 3. The van der Waals surface area contributed by atoms with Gasteiger partial charge in [-0.1, -0.05) is 6.07 Å². The Morgan fingerprint density at radius 3 is 2.84 bits per heavy atom. The van der Waals surface area contributed by atoms with Gasteiger partial charge in [-0.15, -0.1) is 11.8 Å². The van der Waals surface area contributed by atoms with Gasteiger partial charge in [0.1, 0.15) is 17.5 Å². The Kier molecular flexibility index (Phi) is 3.33. The molecule has 1 saturated carbocycles. The molecule has 98 valence electrons. The Hall–Kier alpha value is -1.69. The highest BCUT2D eigenvalue weighted by atomic mass is 32.2. The molecule has 4 nitrogen and oxygen atoms in total. The molecule has 1 aromatic carbocycles. The van der Waals surface area contributed by atoms with E-state index in [1.807, 2.05) is 6.07 Å². The van der Waals surface area contributed by atoms with Gasteiger partial charge in [-0.25, -0.2) is 9.37 Å². The summed E-state index contributed by atoms with van der Waals surface area (Å²) in [4.78, 5) is 13.5. The normalized spacial score (nSPS) is 14.6. The number of rotatable bonds is 4. The number of thioether (sulfide) groups is 1. The van der Waals surface area contributed by atoms with Gasteiger partial charge in [0.05, 0.1) is 5.75 Å². The number of halogens is 1. The molecular weight excluding hydrogens is 263 g/mol. The molecule has 19 heavy (non-hydrogen) atoms. The summed E-state index contributed by atoms with van der Waals surface area (Å²) in [6, 6.07) is 6.47. The van der Waals surface area contributed by atoms with Crippen molar-refractivity contribution in [2.24, 2.45) is 0 Å². The second kappa shape index (κ2) is 5.13. The van der Waals surface area contributed by atoms with Gasteiger partial charge in [0.15, 0.2) is 0 Å². The Bertz CT molecular complexity index is 601. The van der Waals surface area contributed by atoms with E-state index in [0.717, 1.165) is 23.6 Å². The van der Waals surface area contributed by atoms with Crippen LogP contribution in [-0.2, 0) is 5.75 Å². The zero-order valence-electron chi connectivity index (χ0n) is 10.2. The summed E-state index contributed by atoms with van der Waals surface area (Å²) in [5.74, 6) is 2.50. The molecule has 1 aromatic heterocycles. The number of benzene rings is 1. The fourth-order valence-corrected chi connectivity index (χ4v) is 2.55. The zero-order valence-corrected chi connectivity index (χ0v) is 11.0. The van der Waals surface area contributed by atoms with Crippen LogP contribution in [0.25, 0.3) is 0 Å². The highest BCUT2D eigenvalue weighted by Gasteiger charge is 2.27. The van der Waals surface area contributed by atoms with E-state index < -0.39 is 0 Å². The van der Waals surface area contributed by atoms with Gasteiger partial charge < -0.3 is 5.73 Å².